The van der Waals surface area contributed by atoms with Crippen LogP contribution in [0.3, 0.4) is 0 Å². The van der Waals surface area contributed by atoms with Gasteiger partial charge in [-0.25, -0.2) is 0 Å². The van der Waals surface area contributed by atoms with Crippen molar-refractivity contribution in [3.63, 3.8) is 0 Å². The normalized spacial score (nSPS) is 10.8. The van der Waals surface area contributed by atoms with E-state index >= 15 is 0 Å². The Kier molecular flexibility index (Phi) is 5.95. The summed E-state index contributed by atoms with van der Waals surface area (Å²) in [6.45, 7) is 3.18. The van der Waals surface area contributed by atoms with Crippen molar-refractivity contribution in [3.05, 3.63) is 83.6 Å². The van der Waals surface area contributed by atoms with Crippen LogP contribution in [-0.4, -0.2) is 15.4 Å². The van der Waals surface area contributed by atoms with Crippen molar-refractivity contribution in [2.45, 2.75) is 39.3 Å². The zero-order valence-corrected chi connectivity index (χ0v) is 15.5. The summed E-state index contributed by atoms with van der Waals surface area (Å²) >= 11 is 0. The molecule has 136 valence electrons. The lowest BCUT2D eigenvalue weighted by Crippen LogP contribution is -2.30. The minimum atomic E-state index is 0.0182. The van der Waals surface area contributed by atoms with Gasteiger partial charge in [-0.05, 0) is 54.8 Å². The fraction of sp³-hybridized carbons (Fsp3) is 0.318. The lowest BCUT2D eigenvalue weighted by atomic mass is 10.1. The molecule has 0 atom stereocenters. The van der Waals surface area contributed by atoms with E-state index in [2.05, 4.69) is 19.1 Å². The number of hydrogen-bond acceptors (Lipinski definition) is 2. The number of carbonyl (C=O) groups is 1. The molecule has 0 spiro atoms. The van der Waals surface area contributed by atoms with E-state index in [9.17, 15) is 4.79 Å². The molecule has 0 aliphatic rings. The van der Waals surface area contributed by atoms with Gasteiger partial charge in [-0.15, -0.1) is 0 Å². The van der Waals surface area contributed by atoms with Crippen LogP contribution >= 0.6 is 0 Å². The van der Waals surface area contributed by atoms with E-state index in [0.717, 1.165) is 17.9 Å². The van der Waals surface area contributed by atoms with Gasteiger partial charge in [-0.3, -0.25) is 4.79 Å². The molecule has 0 saturated carbocycles. The Bertz CT molecular complexity index is 816. The number of amides is 1. The predicted molar refractivity (Wildman–Crippen MR) is 103 cm³/mol. The van der Waals surface area contributed by atoms with Crippen molar-refractivity contribution < 1.29 is 9.21 Å². The molecule has 1 amide bonds. The highest BCUT2D eigenvalue weighted by Gasteiger charge is 2.18. The van der Waals surface area contributed by atoms with Crippen molar-refractivity contribution >= 4 is 5.91 Å². The molecule has 0 bridgehead atoms. The largest absolute Gasteiger partial charge is 0.467 e. The number of aryl methyl sites for hydroxylation is 2. The van der Waals surface area contributed by atoms with Crippen LogP contribution in [-0.2, 0) is 26.6 Å². The fourth-order valence-corrected chi connectivity index (χ4v) is 3.02. The lowest BCUT2D eigenvalue weighted by molar-refractivity contribution is 0.0714. The molecule has 4 heteroatoms. The quantitative estimate of drug-likeness (QED) is 0.585. The SMILES string of the molecule is CCCCc1ccc(C(=O)N(Cc2ccco2)Cc2cccn2C)cc1. The van der Waals surface area contributed by atoms with Gasteiger partial charge in [0.2, 0.25) is 0 Å². The van der Waals surface area contributed by atoms with E-state index in [4.69, 9.17) is 4.42 Å². The summed E-state index contributed by atoms with van der Waals surface area (Å²) in [4.78, 5) is 14.9. The number of rotatable bonds is 8. The maximum Gasteiger partial charge on any atom is 0.254 e. The molecule has 3 aromatic rings. The van der Waals surface area contributed by atoms with Gasteiger partial charge in [0, 0.05) is 24.5 Å². The third-order valence-corrected chi connectivity index (χ3v) is 4.64. The zero-order valence-electron chi connectivity index (χ0n) is 15.5. The molecule has 0 aliphatic heterocycles. The van der Waals surface area contributed by atoms with E-state index in [-0.39, 0.29) is 5.91 Å². The third-order valence-electron chi connectivity index (χ3n) is 4.64. The van der Waals surface area contributed by atoms with Gasteiger partial charge in [-0.1, -0.05) is 25.5 Å². The maximum atomic E-state index is 13.1. The molecule has 0 fully saturated rings. The van der Waals surface area contributed by atoms with Crippen LogP contribution < -0.4 is 0 Å². The first kappa shape index (κ1) is 18.1. The average molecular weight is 350 g/mol. The molecule has 3 rings (SSSR count). The molecular formula is C22H26N2O2. The predicted octanol–water partition coefficient (Wildman–Crippen LogP) is 4.80. The van der Waals surface area contributed by atoms with E-state index in [1.165, 1.54) is 18.4 Å². The molecule has 4 nitrogen and oxygen atoms in total. The van der Waals surface area contributed by atoms with Gasteiger partial charge in [0.1, 0.15) is 5.76 Å². The minimum absolute atomic E-state index is 0.0182. The van der Waals surface area contributed by atoms with E-state index in [0.29, 0.717) is 18.7 Å². The molecular weight excluding hydrogens is 324 g/mol. The van der Waals surface area contributed by atoms with E-state index in [1.54, 1.807) is 6.26 Å². The Balaban J connectivity index is 1.78. The van der Waals surface area contributed by atoms with Crippen LogP contribution in [0.15, 0.2) is 65.4 Å². The first-order valence-electron chi connectivity index (χ1n) is 9.18. The highest BCUT2D eigenvalue weighted by atomic mass is 16.3. The van der Waals surface area contributed by atoms with Crippen molar-refractivity contribution in [3.8, 4) is 0 Å². The number of benzene rings is 1. The summed E-state index contributed by atoms with van der Waals surface area (Å²) in [5.41, 5.74) is 3.08. The second-order valence-corrected chi connectivity index (χ2v) is 6.65. The molecule has 1 aromatic carbocycles. The first-order valence-corrected chi connectivity index (χ1v) is 9.18. The highest BCUT2D eigenvalue weighted by molar-refractivity contribution is 5.94. The van der Waals surface area contributed by atoms with Crippen LogP contribution in [0.2, 0.25) is 0 Å². The van der Waals surface area contributed by atoms with Crippen LogP contribution in [0.4, 0.5) is 0 Å². The number of unbranched alkanes of at least 4 members (excludes halogenated alkanes) is 1. The van der Waals surface area contributed by atoms with Crippen molar-refractivity contribution in [1.82, 2.24) is 9.47 Å². The summed E-state index contributed by atoms with van der Waals surface area (Å²) in [7, 11) is 1.99. The van der Waals surface area contributed by atoms with Crippen LogP contribution in [0.1, 0.15) is 47.1 Å². The second kappa shape index (κ2) is 8.56. The fourth-order valence-electron chi connectivity index (χ4n) is 3.02. The van der Waals surface area contributed by atoms with Gasteiger partial charge in [0.05, 0.1) is 19.4 Å². The van der Waals surface area contributed by atoms with Crippen LogP contribution in [0.25, 0.3) is 0 Å². The average Bonchev–Trinajstić information content (AvgIpc) is 3.31. The highest BCUT2D eigenvalue weighted by Crippen LogP contribution is 2.16. The maximum absolute atomic E-state index is 13.1. The number of hydrogen-bond donors (Lipinski definition) is 0. The Morgan fingerprint density at radius 1 is 1.08 bits per heavy atom. The molecule has 2 aromatic heterocycles. The van der Waals surface area contributed by atoms with Crippen molar-refractivity contribution in [1.29, 1.82) is 0 Å². The standard InChI is InChI=1S/C22H26N2O2/c1-3-4-7-18-10-12-19(13-11-18)22(25)24(17-21-9-6-15-26-21)16-20-8-5-14-23(20)2/h5-6,8-15H,3-4,7,16-17H2,1-2H3. The van der Waals surface area contributed by atoms with Gasteiger partial charge in [-0.2, -0.15) is 0 Å². The summed E-state index contributed by atoms with van der Waals surface area (Å²) in [6.07, 6.45) is 7.04. The van der Waals surface area contributed by atoms with Gasteiger partial charge in [0.15, 0.2) is 0 Å². The summed E-state index contributed by atoms with van der Waals surface area (Å²) in [5.74, 6) is 0.803. The van der Waals surface area contributed by atoms with Crippen molar-refractivity contribution in [2.24, 2.45) is 7.05 Å². The second-order valence-electron chi connectivity index (χ2n) is 6.65. The summed E-state index contributed by atoms with van der Waals surface area (Å²) < 4.78 is 7.50. The van der Waals surface area contributed by atoms with Gasteiger partial charge in [0.25, 0.3) is 5.91 Å². The Hall–Kier alpha value is -2.75. The Morgan fingerprint density at radius 2 is 1.88 bits per heavy atom. The molecule has 0 unspecified atom stereocenters. The van der Waals surface area contributed by atoms with Crippen LogP contribution in [0, 0.1) is 0 Å². The summed E-state index contributed by atoms with van der Waals surface area (Å²) in [5, 5.41) is 0. The first-order chi connectivity index (χ1) is 12.7. The van der Waals surface area contributed by atoms with Crippen LogP contribution in [0.5, 0.6) is 0 Å². The third kappa shape index (κ3) is 4.45. The zero-order chi connectivity index (χ0) is 18.4. The van der Waals surface area contributed by atoms with Crippen molar-refractivity contribution in [2.75, 3.05) is 0 Å². The van der Waals surface area contributed by atoms with Gasteiger partial charge >= 0.3 is 0 Å². The molecule has 26 heavy (non-hydrogen) atoms. The lowest BCUT2D eigenvalue weighted by Gasteiger charge is -2.22. The number of aromatic nitrogens is 1. The summed E-state index contributed by atoms with van der Waals surface area (Å²) in [6, 6.07) is 15.8. The van der Waals surface area contributed by atoms with E-state index < -0.39 is 0 Å². The Labute approximate surface area is 155 Å². The monoisotopic (exact) mass is 350 g/mol. The number of furan rings is 1. The number of carbonyl (C=O) groups excluding carboxylic acids is 1. The molecule has 2 heterocycles. The molecule has 0 N–H and O–H groups in total. The molecule has 0 saturated heterocycles. The molecule has 0 radical (unpaired) electrons. The molecule has 0 aliphatic carbocycles. The Morgan fingerprint density at radius 3 is 2.50 bits per heavy atom. The number of nitrogens with zero attached hydrogens (tertiary/aromatic N) is 2. The van der Waals surface area contributed by atoms with E-state index in [1.807, 2.05) is 59.1 Å². The minimum Gasteiger partial charge on any atom is -0.467 e. The van der Waals surface area contributed by atoms with Gasteiger partial charge < -0.3 is 13.9 Å². The smallest absolute Gasteiger partial charge is 0.254 e. The topological polar surface area (TPSA) is 38.4 Å².